The number of anilines is 1. The lowest BCUT2D eigenvalue weighted by atomic mass is 9.75. The number of imidazole rings is 1. The van der Waals surface area contributed by atoms with Crippen LogP contribution in [0.1, 0.15) is 18.5 Å². The van der Waals surface area contributed by atoms with E-state index in [4.69, 9.17) is 5.11 Å². The molecule has 1 aliphatic rings. The predicted octanol–water partition coefficient (Wildman–Crippen LogP) is 4.52. The molecule has 1 saturated carbocycles. The van der Waals surface area contributed by atoms with E-state index < -0.39 is 5.97 Å². The summed E-state index contributed by atoms with van der Waals surface area (Å²) < 4.78 is 0. The molecule has 5 rings (SSSR count). The zero-order chi connectivity index (χ0) is 21.4. The first-order valence-corrected chi connectivity index (χ1v) is 10.4. The minimum Gasteiger partial charge on any atom is -0.481 e. The molecule has 3 N–H and O–H groups in total. The molecule has 0 bridgehead atoms. The first-order chi connectivity index (χ1) is 15.1. The standard InChI is InChI=1S/C24H23N5O2/c1-14-3-2-4-21(29-14)23-22(27-13-28-23)16-5-6-20-17(9-16)10-19(12-26-20)25-11-15-7-18(8-15)24(30)31/h2-6,9-10,12-13,15,18,25H,7-8,11H2,1H3,(H,27,28)(H,30,31)/t15-,18+. The number of nitrogens with zero attached hydrogens (tertiary/aromatic N) is 3. The molecule has 0 atom stereocenters. The van der Waals surface area contributed by atoms with Gasteiger partial charge in [0.2, 0.25) is 0 Å². The number of carboxylic acids is 1. The largest absolute Gasteiger partial charge is 0.481 e. The Balaban J connectivity index is 1.38. The third-order valence-electron chi connectivity index (χ3n) is 5.92. The number of aliphatic carboxylic acids is 1. The Morgan fingerprint density at radius 2 is 2.06 bits per heavy atom. The van der Waals surface area contributed by atoms with Crippen LogP contribution >= 0.6 is 0 Å². The van der Waals surface area contributed by atoms with E-state index in [0.717, 1.165) is 64.3 Å². The maximum absolute atomic E-state index is 11.0. The summed E-state index contributed by atoms with van der Waals surface area (Å²) in [6, 6.07) is 14.1. The predicted molar refractivity (Wildman–Crippen MR) is 120 cm³/mol. The molecular weight excluding hydrogens is 390 g/mol. The summed E-state index contributed by atoms with van der Waals surface area (Å²) >= 11 is 0. The van der Waals surface area contributed by atoms with E-state index in [9.17, 15) is 4.79 Å². The van der Waals surface area contributed by atoms with E-state index >= 15 is 0 Å². The van der Waals surface area contributed by atoms with Crippen molar-refractivity contribution in [2.45, 2.75) is 19.8 Å². The van der Waals surface area contributed by atoms with E-state index in [1.54, 1.807) is 6.33 Å². The van der Waals surface area contributed by atoms with Crippen LogP contribution in [0.2, 0.25) is 0 Å². The van der Waals surface area contributed by atoms with Crippen LogP contribution in [-0.4, -0.2) is 37.6 Å². The van der Waals surface area contributed by atoms with Crippen LogP contribution in [0.3, 0.4) is 0 Å². The first kappa shape index (κ1) is 19.2. The molecule has 0 unspecified atom stereocenters. The average molecular weight is 413 g/mol. The summed E-state index contributed by atoms with van der Waals surface area (Å²) in [6.07, 6.45) is 4.99. The molecule has 156 valence electrons. The molecule has 1 fully saturated rings. The zero-order valence-corrected chi connectivity index (χ0v) is 17.2. The fourth-order valence-electron chi connectivity index (χ4n) is 4.13. The maximum Gasteiger partial charge on any atom is 0.306 e. The van der Waals surface area contributed by atoms with Gasteiger partial charge in [0.15, 0.2) is 0 Å². The molecule has 7 heteroatoms. The van der Waals surface area contributed by atoms with Gasteiger partial charge in [-0.15, -0.1) is 0 Å². The van der Waals surface area contributed by atoms with Gasteiger partial charge >= 0.3 is 5.97 Å². The zero-order valence-electron chi connectivity index (χ0n) is 17.2. The normalized spacial score (nSPS) is 18.0. The highest BCUT2D eigenvalue weighted by atomic mass is 16.4. The number of H-pyrrole nitrogens is 1. The lowest BCUT2D eigenvalue weighted by Crippen LogP contribution is -2.34. The van der Waals surface area contributed by atoms with Crippen molar-refractivity contribution in [3.8, 4) is 22.6 Å². The van der Waals surface area contributed by atoms with Crippen molar-refractivity contribution in [3.63, 3.8) is 0 Å². The molecule has 0 amide bonds. The molecule has 3 aromatic heterocycles. The molecular formula is C24H23N5O2. The molecule has 0 radical (unpaired) electrons. The van der Waals surface area contributed by atoms with E-state index in [2.05, 4.69) is 37.4 Å². The van der Waals surface area contributed by atoms with Gasteiger partial charge < -0.3 is 15.4 Å². The number of aromatic amines is 1. The SMILES string of the molecule is Cc1cccc(-c2[nH]cnc2-c2ccc3ncc(NC[C@H]4C[C@@H](C(=O)O)C4)cc3c2)n1. The van der Waals surface area contributed by atoms with E-state index in [1.807, 2.05) is 43.5 Å². The Labute approximate surface area is 179 Å². The number of hydrogen-bond acceptors (Lipinski definition) is 5. The summed E-state index contributed by atoms with van der Waals surface area (Å²) in [5.41, 5.74) is 6.41. The van der Waals surface area contributed by atoms with Crippen molar-refractivity contribution >= 4 is 22.6 Å². The van der Waals surface area contributed by atoms with Gasteiger partial charge in [0.1, 0.15) is 0 Å². The van der Waals surface area contributed by atoms with Gasteiger partial charge in [-0.05, 0) is 56.0 Å². The summed E-state index contributed by atoms with van der Waals surface area (Å²) in [5.74, 6) is -0.471. The highest BCUT2D eigenvalue weighted by Gasteiger charge is 2.33. The van der Waals surface area contributed by atoms with Crippen LogP contribution in [0.5, 0.6) is 0 Å². The Bertz CT molecular complexity index is 1260. The average Bonchev–Trinajstić information content (AvgIpc) is 3.22. The minimum absolute atomic E-state index is 0.185. The number of hydrogen-bond donors (Lipinski definition) is 3. The number of carbonyl (C=O) groups is 1. The smallest absolute Gasteiger partial charge is 0.306 e. The minimum atomic E-state index is -0.685. The fourth-order valence-corrected chi connectivity index (χ4v) is 4.13. The quantitative estimate of drug-likeness (QED) is 0.429. The monoisotopic (exact) mass is 413 g/mol. The van der Waals surface area contributed by atoms with Gasteiger partial charge in [0.25, 0.3) is 0 Å². The number of fused-ring (bicyclic) bond motifs is 1. The van der Waals surface area contributed by atoms with Crippen LogP contribution in [0, 0.1) is 18.8 Å². The van der Waals surface area contributed by atoms with Crippen molar-refractivity contribution in [2.24, 2.45) is 11.8 Å². The second-order valence-corrected chi connectivity index (χ2v) is 8.18. The third-order valence-corrected chi connectivity index (χ3v) is 5.92. The molecule has 7 nitrogen and oxygen atoms in total. The summed E-state index contributed by atoms with van der Waals surface area (Å²) in [7, 11) is 0. The molecule has 1 aromatic carbocycles. The second-order valence-electron chi connectivity index (χ2n) is 8.18. The molecule has 0 aliphatic heterocycles. The molecule has 4 aromatic rings. The van der Waals surface area contributed by atoms with E-state index in [1.165, 1.54) is 0 Å². The van der Waals surface area contributed by atoms with Crippen LogP contribution in [0.25, 0.3) is 33.5 Å². The van der Waals surface area contributed by atoms with E-state index in [-0.39, 0.29) is 5.92 Å². The second kappa shape index (κ2) is 7.83. The van der Waals surface area contributed by atoms with Gasteiger partial charge in [-0.3, -0.25) is 14.8 Å². The van der Waals surface area contributed by atoms with Gasteiger partial charge in [0.05, 0.1) is 46.7 Å². The summed E-state index contributed by atoms with van der Waals surface area (Å²) in [6.45, 7) is 2.74. The maximum atomic E-state index is 11.0. The topological polar surface area (TPSA) is 104 Å². The number of aryl methyl sites for hydroxylation is 1. The molecule has 3 heterocycles. The van der Waals surface area contributed by atoms with Crippen LogP contribution < -0.4 is 5.32 Å². The Morgan fingerprint density at radius 3 is 2.87 bits per heavy atom. The number of nitrogens with one attached hydrogen (secondary N) is 2. The number of benzene rings is 1. The highest BCUT2D eigenvalue weighted by Crippen LogP contribution is 2.34. The van der Waals surface area contributed by atoms with Gasteiger partial charge in [-0.2, -0.15) is 0 Å². The lowest BCUT2D eigenvalue weighted by molar-refractivity contribution is -0.146. The van der Waals surface area contributed by atoms with Crippen molar-refractivity contribution in [3.05, 3.63) is 60.7 Å². The highest BCUT2D eigenvalue weighted by molar-refractivity contribution is 5.88. The van der Waals surface area contributed by atoms with Crippen LogP contribution in [-0.2, 0) is 4.79 Å². The number of carboxylic acid groups (broad SMARTS) is 1. The van der Waals surface area contributed by atoms with Crippen molar-refractivity contribution in [2.75, 3.05) is 11.9 Å². The van der Waals surface area contributed by atoms with Gasteiger partial charge in [0, 0.05) is 23.2 Å². The number of rotatable bonds is 6. The number of pyridine rings is 2. The van der Waals surface area contributed by atoms with Crippen molar-refractivity contribution < 1.29 is 9.90 Å². The van der Waals surface area contributed by atoms with Crippen molar-refractivity contribution in [1.29, 1.82) is 0 Å². The van der Waals surface area contributed by atoms with Crippen LogP contribution in [0.15, 0.2) is 55.0 Å². The Kier molecular flexibility index (Phi) is 4.86. The number of aromatic nitrogens is 4. The molecule has 0 spiro atoms. The Morgan fingerprint density at radius 1 is 1.19 bits per heavy atom. The summed E-state index contributed by atoms with van der Waals surface area (Å²) in [5, 5.41) is 13.5. The van der Waals surface area contributed by atoms with Crippen LogP contribution in [0.4, 0.5) is 5.69 Å². The fraction of sp³-hybridized carbons (Fsp3) is 0.250. The van der Waals surface area contributed by atoms with Gasteiger partial charge in [-0.25, -0.2) is 4.98 Å². The van der Waals surface area contributed by atoms with Crippen molar-refractivity contribution in [1.82, 2.24) is 19.9 Å². The molecule has 0 saturated heterocycles. The summed E-state index contributed by atoms with van der Waals surface area (Å²) in [4.78, 5) is 27.9. The van der Waals surface area contributed by atoms with Gasteiger partial charge in [-0.1, -0.05) is 12.1 Å². The molecule has 1 aliphatic carbocycles. The lowest BCUT2D eigenvalue weighted by Gasteiger charge is -2.32. The van der Waals surface area contributed by atoms with E-state index in [0.29, 0.717) is 5.92 Å². The Hall–Kier alpha value is -3.74. The molecule has 31 heavy (non-hydrogen) atoms. The first-order valence-electron chi connectivity index (χ1n) is 10.4. The third kappa shape index (κ3) is 3.86.